The van der Waals surface area contributed by atoms with Gasteiger partial charge in [0.15, 0.2) is 0 Å². The van der Waals surface area contributed by atoms with Crippen LogP contribution in [0.15, 0.2) is 77.4 Å². The molecule has 1 aliphatic heterocycles. The molecule has 1 aliphatic rings. The number of benzene rings is 2. The second-order valence-corrected chi connectivity index (χ2v) is 9.32. The molecular formula is C29H33N3O4. The summed E-state index contributed by atoms with van der Waals surface area (Å²) in [6, 6.07) is 20.2. The minimum Gasteiger partial charge on any atom is -0.467 e. The number of furan rings is 1. The number of aryl methyl sites for hydroxylation is 2. The Bertz CT molecular complexity index is 1150. The first-order valence-corrected chi connectivity index (χ1v) is 12.5. The summed E-state index contributed by atoms with van der Waals surface area (Å²) in [5.74, 6) is 0.166. The molecule has 1 unspecified atom stereocenters. The van der Waals surface area contributed by atoms with E-state index in [0.29, 0.717) is 50.1 Å². The summed E-state index contributed by atoms with van der Waals surface area (Å²) in [6.45, 7) is 3.31. The van der Waals surface area contributed by atoms with Gasteiger partial charge in [-0.25, -0.2) is 0 Å². The Morgan fingerprint density at radius 3 is 2.47 bits per heavy atom. The summed E-state index contributed by atoms with van der Waals surface area (Å²) in [7, 11) is 0. The van der Waals surface area contributed by atoms with Crippen LogP contribution >= 0.6 is 0 Å². The summed E-state index contributed by atoms with van der Waals surface area (Å²) in [6.07, 6.45) is 4.02. The highest BCUT2D eigenvalue weighted by molar-refractivity contribution is 5.97. The zero-order chi connectivity index (χ0) is 25.3. The average Bonchev–Trinajstić information content (AvgIpc) is 3.43. The van der Waals surface area contributed by atoms with Gasteiger partial charge in [-0.15, -0.1) is 0 Å². The quantitative estimate of drug-likeness (QED) is 0.479. The van der Waals surface area contributed by atoms with E-state index in [4.69, 9.17) is 4.42 Å². The maximum absolute atomic E-state index is 13.2. The van der Waals surface area contributed by atoms with Crippen LogP contribution in [0.3, 0.4) is 0 Å². The van der Waals surface area contributed by atoms with Crippen molar-refractivity contribution in [1.82, 2.24) is 15.5 Å². The van der Waals surface area contributed by atoms with Gasteiger partial charge in [-0.3, -0.25) is 14.4 Å². The van der Waals surface area contributed by atoms with Crippen molar-refractivity contribution in [2.45, 2.75) is 45.2 Å². The lowest BCUT2D eigenvalue weighted by molar-refractivity contribution is -0.133. The molecule has 0 bridgehead atoms. The second-order valence-electron chi connectivity index (χ2n) is 9.32. The van der Waals surface area contributed by atoms with Crippen molar-refractivity contribution in [3.8, 4) is 0 Å². The standard InChI is InChI=1S/C29H33N3O4/c1-21-7-5-10-24(19-21)28(34)31-27(29(35)30-20-25-11-6-18-36-25)23-14-16-32(17-15-23)26(33)13-12-22-8-3-2-4-9-22/h2-11,18-19,23,27H,12-17,20H2,1H3,(H,30,35)(H,31,34). The number of rotatable bonds is 9. The number of carbonyl (C=O) groups excluding carboxylic acids is 3. The van der Waals surface area contributed by atoms with E-state index in [-0.39, 0.29) is 30.2 Å². The number of nitrogens with zero attached hydrogens (tertiary/aromatic N) is 1. The van der Waals surface area contributed by atoms with Crippen LogP contribution in [0.5, 0.6) is 0 Å². The van der Waals surface area contributed by atoms with Crippen molar-refractivity contribution < 1.29 is 18.8 Å². The van der Waals surface area contributed by atoms with Crippen LogP contribution < -0.4 is 10.6 Å². The van der Waals surface area contributed by atoms with Gasteiger partial charge in [0.25, 0.3) is 5.91 Å². The highest BCUT2D eigenvalue weighted by atomic mass is 16.3. The van der Waals surface area contributed by atoms with E-state index in [1.807, 2.05) is 54.3 Å². The fourth-order valence-corrected chi connectivity index (χ4v) is 4.64. The summed E-state index contributed by atoms with van der Waals surface area (Å²) in [5.41, 5.74) is 2.64. The van der Waals surface area contributed by atoms with Crippen molar-refractivity contribution in [3.05, 3.63) is 95.4 Å². The molecule has 3 aromatic rings. The third kappa shape index (κ3) is 6.84. The van der Waals surface area contributed by atoms with Crippen LogP contribution in [0.2, 0.25) is 0 Å². The zero-order valence-electron chi connectivity index (χ0n) is 20.6. The van der Waals surface area contributed by atoms with Gasteiger partial charge in [0, 0.05) is 25.1 Å². The number of piperidine rings is 1. The molecule has 0 aliphatic carbocycles. The second kappa shape index (κ2) is 12.2. The third-order valence-electron chi connectivity index (χ3n) is 6.70. The van der Waals surface area contributed by atoms with E-state index in [0.717, 1.165) is 11.1 Å². The highest BCUT2D eigenvalue weighted by Crippen LogP contribution is 2.23. The van der Waals surface area contributed by atoms with Gasteiger partial charge in [-0.05, 0) is 61.9 Å². The molecule has 0 spiro atoms. The van der Waals surface area contributed by atoms with Crippen molar-refractivity contribution in [2.24, 2.45) is 5.92 Å². The predicted octanol–water partition coefficient (Wildman–Crippen LogP) is 3.87. The van der Waals surface area contributed by atoms with Crippen LogP contribution in [0.4, 0.5) is 0 Å². The molecule has 2 aromatic carbocycles. The van der Waals surface area contributed by atoms with Gasteiger partial charge in [0.2, 0.25) is 11.8 Å². The molecule has 7 heteroatoms. The molecule has 0 radical (unpaired) electrons. The minimum atomic E-state index is -0.699. The summed E-state index contributed by atoms with van der Waals surface area (Å²) >= 11 is 0. The number of hydrogen-bond acceptors (Lipinski definition) is 4. The molecular weight excluding hydrogens is 454 g/mol. The largest absolute Gasteiger partial charge is 0.467 e. The first kappa shape index (κ1) is 25.2. The number of likely N-dealkylation sites (tertiary alicyclic amines) is 1. The molecule has 188 valence electrons. The minimum absolute atomic E-state index is 0.0754. The summed E-state index contributed by atoms with van der Waals surface area (Å²) in [4.78, 5) is 40.9. The lowest BCUT2D eigenvalue weighted by Crippen LogP contribution is -2.53. The molecule has 3 amide bonds. The molecule has 2 N–H and O–H groups in total. The lowest BCUT2D eigenvalue weighted by atomic mass is 9.88. The number of nitrogens with one attached hydrogen (secondary N) is 2. The fourth-order valence-electron chi connectivity index (χ4n) is 4.64. The topological polar surface area (TPSA) is 91.7 Å². The first-order valence-electron chi connectivity index (χ1n) is 12.5. The number of hydrogen-bond donors (Lipinski definition) is 2. The predicted molar refractivity (Wildman–Crippen MR) is 137 cm³/mol. The Morgan fingerprint density at radius 2 is 1.78 bits per heavy atom. The molecule has 2 heterocycles. The van der Waals surface area contributed by atoms with Gasteiger partial charge in [0.1, 0.15) is 11.8 Å². The third-order valence-corrected chi connectivity index (χ3v) is 6.70. The number of carbonyl (C=O) groups is 3. The maximum atomic E-state index is 13.2. The molecule has 1 atom stereocenters. The Hall–Kier alpha value is -3.87. The summed E-state index contributed by atoms with van der Waals surface area (Å²) < 4.78 is 5.32. The van der Waals surface area contributed by atoms with Gasteiger partial charge < -0.3 is 20.0 Å². The van der Waals surface area contributed by atoms with E-state index >= 15 is 0 Å². The van der Waals surface area contributed by atoms with E-state index in [1.54, 1.807) is 30.5 Å². The van der Waals surface area contributed by atoms with Gasteiger partial charge in [-0.2, -0.15) is 0 Å². The van der Waals surface area contributed by atoms with Gasteiger partial charge in [-0.1, -0.05) is 48.0 Å². The first-order chi connectivity index (χ1) is 17.5. The van der Waals surface area contributed by atoms with E-state index < -0.39 is 6.04 Å². The molecule has 1 saturated heterocycles. The van der Waals surface area contributed by atoms with Crippen molar-refractivity contribution in [1.29, 1.82) is 0 Å². The molecule has 1 fully saturated rings. The lowest BCUT2D eigenvalue weighted by Gasteiger charge is -2.36. The Kier molecular flexibility index (Phi) is 8.55. The Labute approximate surface area is 211 Å². The smallest absolute Gasteiger partial charge is 0.251 e. The van der Waals surface area contributed by atoms with Crippen molar-refractivity contribution >= 4 is 17.7 Å². The van der Waals surface area contributed by atoms with Crippen LogP contribution in [-0.4, -0.2) is 41.8 Å². The van der Waals surface area contributed by atoms with Crippen LogP contribution in [0, 0.1) is 12.8 Å². The van der Waals surface area contributed by atoms with E-state index in [2.05, 4.69) is 10.6 Å². The van der Waals surface area contributed by atoms with Crippen LogP contribution in [0.25, 0.3) is 0 Å². The fraction of sp³-hybridized carbons (Fsp3) is 0.345. The number of amides is 3. The molecule has 0 saturated carbocycles. The van der Waals surface area contributed by atoms with E-state index in [1.165, 1.54) is 0 Å². The van der Waals surface area contributed by atoms with Gasteiger partial charge >= 0.3 is 0 Å². The zero-order valence-corrected chi connectivity index (χ0v) is 20.6. The van der Waals surface area contributed by atoms with Crippen molar-refractivity contribution in [3.63, 3.8) is 0 Å². The van der Waals surface area contributed by atoms with E-state index in [9.17, 15) is 14.4 Å². The molecule has 7 nitrogen and oxygen atoms in total. The Morgan fingerprint density at radius 1 is 1.00 bits per heavy atom. The van der Waals surface area contributed by atoms with Crippen LogP contribution in [0.1, 0.15) is 46.5 Å². The summed E-state index contributed by atoms with van der Waals surface area (Å²) in [5, 5.41) is 5.86. The monoisotopic (exact) mass is 487 g/mol. The van der Waals surface area contributed by atoms with Crippen molar-refractivity contribution in [2.75, 3.05) is 13.1 Å². The molecule has 4 rings (SSSR count). The molecule has 36 heavy (non-hydrogen) atoms. The normalized spacial score (nSPS) is 14.8. The molecule has 1 aromatic heterocycles. The van der Waals surface area contributed by atoms with Gasteiger partial charge in [0.05, 0.1) is 12.8 Å². The maximum Gasteiger partial charge on any atom is 0.251 e. The highest BCUT2D eigenvalue weighted by Gasteiger charge is 2.34. The SMILES string of the molecule is Cc1cccc(C(=O)NC(C(=O)NCc2ccco2)C2CCN(C(=O)CCc3ccccc3)CC2)c1. The van der Waals surface area contributed by atoms with Crippen LogP contribution in [-0.2, 0) is 22.6 Å². The average molecular weight is 488 g/mol. The Balaban J connectivity index is 1.37.